The van der Waals surface area contributed by atoms with Gasteiger partial charge >= 0.3 is 6.03 Å². The number of anilines is 1. The molecule has 1 atom stereocenters. The van der Waals surface area contributed by atoms with E-state index in [2.05, 4.69) is 32.9 Å². The Morgan fingerprint density at radius 1 is 1.25 bits per heavy atom. The van der Waals surface area contributed by atoms with Gasteiger partial charge in [-0.2, -0.15) is 0 Å². The molecule has 0 radical (unpaired) electrons. The van der Waals surface area contributed by atoms with Crippen molar-refractivity contribution < 1.29 is 19.0 Å². The molecule has 8 nitrogen and oxygen atoms in total. The van der Waals surface area contributed by atoms with Crippen molar-refractivity contribution in [2.45, 2.75) is 6.04 Å². The van der Waals surface area contributed by atoms with Crippen LogP contribution in [0, 0.1) is 3.57 Å². The minimum absolute atomic E-state index is 0.0364. The lowest BCUT2D eigenvalue weighted by Gasteiger charge is -2.30. The van der Waals surface area contributed by atoms with E-state index in [4.69, 9.17) is 0 Å². The van der Waals surface area contributed by atoms with Gasteiger partial charge in [0.2, 0.25) is 0 Å². The van der Waals surface area contributed by atoms with Crippen molar-refractivity contribution >= 4 is 58.3 Å². The lowest BCUT2D eigenvalue weighted by atomic mass is 10.1. The number of fused-ring (bicyclic) bond motifs is 1. The van der Waals surface area contributed by atoms with Gasteiger partial charge < -0.3 is 5.32 Å². The third kappa shape index (κ3) is 2.90. The second kappa shape index (κ2) is 6.30. The van der Waals surface area contributed by atoms with Crippen LogP contribution in [0.25, 0.3) is 0 Å². The maximum atomic E-state index is 12.4. The normalized spacial score (nSPS) is 19.9. The van der Waals surface area contributed by atoms with Crippen LogP contribution in [0.2, 0.25) is 0 Å². The summed E-state index contributed by atoms with van der Waals surface area (Å²) in [5, 5.41) is 2.78. The van der Waals surface area contributed by atoms with Gasteiger partial charge in [0.15, 0.2) is 6.54 Å². The molecule has 1 unspecified atom stereocenters. The van der Waals surface area contributed by atoms with Crippen molar-refractivity contribution in [1.82, 2.24) is 9.80 Å². The van der Waals surface area contributed by atoms with Crippen molar-refractivity contribution in [3.63, 3.8) is 0 Å². The highest BCUT2D eigenvalue weighted by molar-refractivity contribution is 14.1. The molecule has 0 spiro atoms. The number of hydrogen-bond donors (Lipinski definition) is 1. The quantitative estimate of drug-likeness (QED) is 0.551. The van der Waals surface area contributed by atoms with Gasteiger partial charge in [0.25, 0.3) is 30.0 Å². The highest BCUT2D eigenvalue weighted by Crippen LogP contribution is 2.17. The maximum Gasteiger partial charge on any atom is 0.333 e. The number of likely N-dealkylation sites (N-methyl/N-ethyl adjacent to an activating group) is 2. The van der Waals surface area contributed by atoms with Gasteiger partial charge in [-0.3, -0.25) is 19.4 Å². The molecule has 3 rings (SSSR count). The maximum absolute atomic E-state index is 12.4. The minimum Gasteiger partial charge on any atom is -0.323 e. The SMILES string of the molecule is CN1C(=O)C2C(=NC=[N+]2CC(=O)Nc2ccc(I)cc2)N(C)C1=O. The molecule has 2 aliphatic rings. The first-order chi connectivity index (χ1) is 11.4. The van der Waals surface area contributed by atoms with Crippen LogP contribution in [0.1, 0.15) is 0 Å². The topological polar surface area (TPSA) is 85.1 Å². The molecule has 2 heterocycles. The summed E-state index contributed by atoms with van der Waals surface area (Å²) in [5.41, 5.74) is 0.681. The number of nitrogens with one attached hydrogen (secondary N) is 1. The van der Waals surface area contributed by atoms with Crippen LogP contribution in [0.4, 0.5) is 10.5 Å². The van der Waals surface area contributed by atoms with E-state index in [1.54, 1.807) is 19.2 Å². The molecule has 1 saturated heterocycles. The summed E-state index contributed by atoms with van der Waals surface area (Å²) in [7, 11) is 2.97. The van der Waals surface area contributed by atoms with Gasteiger partial charge in [0.05, 0.1) is 0 Å². The zero-order valence-corrected chi connectivity index (χ0v) is 15.2. The molecule has 124 valence electrons. The molecule has 0 aliphatic carbocycles. The number of carbonyl (C=O) groups is 3. The first kappa shape index (κ1) is 16.6. The van der Waals surface area contributed by atoms with E-state index in [0.717, 1.165) is 8.47 Å². The fourth-order valence-electron chi connectivity index (χ4n) is 2.57. The van der Waals surface area contributed by atoms with Crippen LogP contribution in [0.15, 0.2) is 29.3 Å². The fraction of sp³-hybridized carbons (Fsp3) is 0.267. The summed E-state index contributed by atoms with van der Waals surface area (Å²) < 4.78 is 2.60. The molecule has 1 aromatic rings. The number of imide groups is 1. The van der Waals surface area contributed by atoms with Gasteiger partial charge in [-0.1, -0.05) is 0 Å². The molecular weight excluding hydrogens is 425 g/mol. The summed E-state index contributed by atoms with van der Waals surface area (Å²) in [4.78, 5) is 43.0. The van der Waals surface area contributed by atoms with Crippen molar-refractivity contribution in [2.24, 2.45) is 4.99 Å². The van der Waals surface area contributed by atoms with Crippen molar-refractivity contribution in [2.75, 3.05) is 26.0 Å². The number of hydrogen-bond acceptors (Lipinski definition) is 4. The zero-order valence-electron chi connectivity index (χ0n) is 13.1. The van der Waals surface area contributed by atoms with Crippen molar-refractivity contribution in [3.8, 4) is 0 Å². The average molecular weight is 440 g/mol. The lowest BCUT2D eigenvalue weighted by Crippen LogP contribution is -2.61. The molecule has 4 amide bonds. The Balaban J connectivity index is 1.70. The molecule has 1 aromatic carbocycles. The number of carbonyl (C=O) groups excluding carboxylic acids is 3. The van der Waals surface area contributed by atoms with E-state index in [9.17, 15) is 14.4 Å². The predicted molar refractivity (Wildman–Crippen MR) is 96.1 cm³/mol. The van der Waals surface area contributed by atoms with E-state index in [-0.39, 0.29) is 12.5 Å². The molecule has 24 heavy (non-hydrogen) atoms. The number of aliphatic imine (C=N–C) groups is 1. The number of urea groups is 1. The summed E-state index contributed by atoms with van der Waals surface area (Å²) in [6.07, 6.45) is 1.42. The molecule has 9 heteroatoms. The summed E-state index contributed by atoms with van der Waals surface area (Å²) in [6, 6.07) is 6.20. The minimum atomic E-state index is -0.750. The lowest BCUT2D eigenvalue weighted by molar-refractivity contribution is -0.519. The highest BCUT2D eigenvalue weighted by atomic mass is 127. The summed E-state index contributed by atoms with van der Waals surface area (Å²) in [6.45, 7) is -0.0364. The number of benzene rings is 1. The number of nitrogens with zero attached hydrogens (tertiary/aromatic N) is 4. The van der Waals surface area contributed by atoms with Gasteiger partial charge in [-0.25, -0.2) is 9.37 Å². The number of rotatable bonds is 3. The number of amidine groups is 1. The first-order valence-electron chi connectivity index (χ1n) is 7.16. The second-order valence-corrected chi connectivity index (χ2v) is 6.72. The Hall–Kier alpha value is -2.30. The van der Waals surface area contributed by atoms with E-state index in [1.165, 1.54) is 22.9 Å². The standard InChI is InChI=1S/C15H14IN5O3/c1-19-13-12(14(23)20(2)15(19)24)21(8-17-13)7-11(22)18-10-5-3-9(16)4-6-10/h3-6,8,12H,7H2,1-2H3/p+1. The number of halogens is 1. The zero-order chi connectivity index (χ0) is 17.4. The van der Waals surface area contributed by atoms with Crippen LogP contribution in [0.5, 0.6) is 0 Å². The van der Waals surface area contributed by atoms with Gasteiger partial charge in [0.1, 0.15) is 0 Å². The van der Waals surface area contributed by atoms with Gasteiger partial charge in [0, 0.05) is 23.4 Å². The van der Waals surface area contributed by atoms with Crippen LogP contribution in [-0.4, -0.2) is 71.1 Å². The third-order valence-electron chi connectivity index (χ3n) is 3.85. The van der Waals surface area contributed by atoms with Crippen molar-refractivity contribution in [1.29, 1.82) is 0 Å². The van der Waals surface area contributed by atoms with E-state index in [1.807, 2.05) is 12.1 Å². The molecule has 0 aromatic heterocycles. The Morgan fingerprint density at radius 2 is 1.92 bits per heavy atom. The Kier molecular flexibility index (Phi) is 4.35. The van der Waals surface area contributed by atoms with E-state index in [0.29, 0.717) is 11.5 Å². The molecular formula is C15H15IN5O3+. The summed E-state index contributed by atoms with van der Waals surface area (Å²) in [5.74, 6) is -0.322. The van der Waals surface area contributed by atoms with E-state index < -0.39 is 18.0 Å². The van der Waals surface area contributed by atoms with Crippen LogP contribution < -0.4 is 5.32 Å². The van der Waals surface area contributed by atoms with Crippen molar-refractivity contribution in [3.05, 3.63) is 27.8 Å². The molecule has 2 aliphatic heterocycles. The molecule has 0 bridgehead atoms. The molecule has 0 saturated carbocycles. The van der Waals surface area contributed by atoms with Crippen LogP contribution >= 0.6 is 22.6 Å². The molecule has 1 fully saturated rings. The number of amides is 4. The fourth-order valence-corrected chi connectivity index (χ4v) is 2.93. The molecule has 1 N–H and O–H groups in total. The van der Waals surface area contributed by atoms with Crippen LogP contribution in [0.3, 0.4) is 0 Å². The average Bonchev–Trinajstić information content (AvgIpc) is 2.96. The van der Waals surface area contributed by atoms with Gasteiger partial charge in [-0.05, 0) is 51.8 Å². The smallest absolute Gasteiger partial charge is 0.323 e. The monoisotopic (exact) mass is 440 g/mol. The first-order valence-corrected chi connectivity index (χ1v) is 8.24. The largest absolute Gasteiger partial charge is 0.333 e. The van der Waals surface area contributed by atoms with E-state index >= 15 is 0 Å². The summed E-state index contributed by atoms with van der Waals surface area (Å²) >= 11 is 2.18. The Labute approximate surface area is 152 Å². The third-order valence-corrected chi connectivity index (χ3v) is 4.57. The Morgan fingerprint density at radius 3 is 2.58 bits per heavy atom. The second-order valence-electron chi connectivity index (χ2n) is 5.47. The Bertz CT molecular complexity index is 787. The highest BCUT2D eigenvalue weighted by Gasteiger charge is 2.50. The predicted octanol–water partition coefficient (Wildman–Crippen LogP) is 0.575. The van der Waals surface area contributed by atoms with Gasteiger partial charge in [-0.15, -0.1) is 0 Å². The van der Waals surface area contributed by atoms with Crippen LogP contribution in [-0.2, 0) is 9.59 Å².